The number of benzene rings is 4. The molecule has 4 aromatic rings. The molecule has 0 radical (unpaired) electrons. The number of hydrogen-bond donors (Lipinski definition) is 6. The Hall–Kier alpha value is -5.06. The molecule has 0 saturated carbocycles. The highest BCUT2D eigenvalue weighted by molar-refractivity contribution is 6.31. The Balaban J connectivity index is 1.55. The molecule has 0 aromatic heterocycles. The summed E-state index contributed by atoms with van der Waals surface area (Å²) in [6.45, 7) is 0. The van der Waals surface area contributed by atoms with Crippen LogP contribution in [0, 0.1) is 0 Å². The molecule has 0 atom stereocenters. The lowest BCUT2D eigenvalue weighted by atomic mass is 9.99. The van der Waals surface area contributed by atoms with E-state index in [0.29, 0.717) is 32.5 Å². The molecule has 4 amide bonds. The lowest BCUT2D eigenvalue weighted by Gasteiger charge is -2.14. The van der Waals surface area contributed by atoms with Gasteiger partial charge in [0.15, 0.2) is 0 Å². The number of carbonyl (C=O) groups excluding carboxylic acids is 2. The molecule has 0 bridgehead atoms. The maximum Gasteiger partial charge on any atom is 0.337 e. The van der Waals surface area contributed by atoms with Gasteiger partial charge in [-0.25, -0.2) is 19.2 Å². The molecule has 0 heterocycles. The van der Waals surface area contributed by atoms with Crippen LogP contribution in [-0.4, -0.2) is 34.2 Å². The maximum absolute atomic E-state index is 12.4. The molecule has 10 nitrogen and oxygen atoms in total. The predicted octanol–water partition coefficient (Wildman–Crippen LogP) is 7.34. The quantitative estimate of drug-likeness (QED) is 0.134. The summed E-state index contributed by atoms with van der Waals surface area (Å²) in [5.41, 5.74) is 1.16. The molecular formula is C28H20Cl2N4O6. The standard InChI is InChI=1S/C28H20Cl2N4O6/c29-17-3-1-5-19(13-17)31-27(39)33-23-9-7-15(11-21(23)25(35)36)16-8-10-24(22(12-16)26(37)38)34-28(40)32-20-6-2-4-18(30)14-20/h1-14H,(H,35,36)(H,37,38)(H2,31,33,39)(H2,32,34,40). The van der Waals surface area contributed by atoms with Crippen molar-refractivity contribution < 1.29 is 29.4 Å². The summed E-state index contributed by atoms with van der Waals surface area (Å²) in [6, 6.07) is 19.9. The van der Waals surface area contributed by atoms with E-state index in [0.717, 1.165) is 0 Å². The van der Waals surface area contributed by atoms with Crippen LogP contribution in [0.1, 0.15) is 20.7 Å². The summed E-state index contributed by atoms with van der Waals surface area (Å²) in [6.07, 6.45) is 0. The van der Waals surface area contributed by atoms with Crippen LogP contribution in [0.15, 0.2) is 84.9 Å². The largest absolute Gasteiger partial charge is 0.478 e. The molecule has 202 valence electrons. The first-order chi connectivity index (χ1) is 19.1. The van der Waals surface area contributed by atoms with Crippen molar-refractivity contribution >= 4 is 70.0 Å². The van der Waals surface area contributed by atoms with E-state index in [1.165, 1.54) is 48.5 Å². The summed E-state index contributed by atoms with van der Waals surface area (Å²) in [5.74, 6) is -2.62. The lowest BCUT2D eigenvalue weighted by Crippen LogP contribution is -2.21. The first-order valence-electron chi connectivity index (χ1n) is 11.5. The van der Waals surface area contributed by atoms with Crippen LogP contribution < -0.4 is 21.3 Å². The normalized spacial score (nSPS) is 10.3. The number of rotatable bonds is 7. The number of carboxylic acids is 2. The molecule has 4 aromatic carbocycles. The summed E-state index contributed by atoms with van der Waals surface area (Å²) in [5, 5.41) is 30.4. The Morgan fingerprint density at radius 3 is 1.27 bits per heavy atom. The van der Waals surface area contributed by atoms with Gasteiger partial charge in [0.2, 0.25) is 0 Å². The van der Waals surface area contributed by atoms with Gasteiger partial charge >= 0.3 is 24.0 Å². The van der Waals surface area contributed by atoms with Crippen molar-refractivity contribution in [1.82, 2.24) is 0 Å². The van der Waals surface area contributed by atoms with Crippen molar-refractivity contribution in [1.29, 1.82) is 0 Å². The van der Waals surface area contributed by atoms with Crippen LogP contribution >= 0.6 is 23.2 Å². The highest BCUT2D eigenvalue weighted by atomic mass is 35.5. The molecule has 0 saturated heterocycles. The van der Waals surface area contributed by atoms with Crippen LogP contribution in [0.3, 0.4) is 0 Å². The predicted molar refractivity (Wildman–Crippen MR) is 154 cm³/mol. The number of anilines is 4. The molecule has 0 unspecified atom stereocenters. The molecule has 40 heavy (non-hydrogen) atoms. The number of nitrogens with one attached hydrogen (secondary N) is 4. The average Bonchev–Trinajstić information content (AvgIpc) is 2.89. The van der Waals surface area contributed by atoms with Gasteiger partial charge in [0.25, 0.3) is 0 Å². The fourth-order valence-corrected chi connectivity index (χ4v) is 4.10. The van der Waals surface area contributed by atoms with Gasteiger partial charge in [-0.3, -0.25) is 0 Å². The van der Waals surface area contributed by atoms with Crippen LogP contribution in [-0.2, 0) is 0 Å². The van der Waals surface area contributed by atoms with E-state index in [4.69, 9.17) is 23.2 Å². The SMILES string of the molecule is O=C(Nc1cccc(Cl)c1)Nc1ccc(-c2ccc(NC(=O)Nc3cccc(Cl)c3)c(C(=O)O)c2)cc1C(=O)O. The number of urea groups is 2. The zero-order chi connectivity index (χ0) is 28.8. The first kappa shape index (κ1) is 28.0. The Morgan fingerprint density at radius 2 is 0.925 bits per heavy atom. The van der Waals surface area contributed by atoms with Gasteiger partial charge in [-0.2, -0.15) is 0 Å². The van der Waals surface area contributed by atoms with Crippen LogP contribution in [0.25, 0.3) is 11.1 Å². The van der Waals surface area contributed by atoms with Gasteiger partial charge < -0.3 is 31.5 Å². The number of aromatic carboxylic acids is 2. The van der Waals surface area contributed by atoms with E-state index in [1.54, 1.807) is 36.4 Å². The fraction of sp³-hybridized carbons (Fsp3) is 0. The van der Waals surface area contributed by atoms with Gasteiger partial charge in [-0.1, -0.05) is 47.5 Å². The minimum absolute atomic E-state index is 0.0187. The van der Waals surface area contributed by atoms with E-state index in [9.17, 15) is 29.4 Å². The van der Waals surface area contributed by atoms with Crippen molar-refractivity contribution in [3.8, 4) is 11.1 Å². The van der Waals surface area contributed by atoms with Gasteiger partial charge in [-0.05, 0) is 71.8 Å². The van der Waals surface area contributed by atoms with Crippen molar-refractivity contribution in [2.24, 2.45) is 0 Å². The zero-order valence-corrected chi connectivity index (χ0v) is 21.9. The second kappa shape index (κ2) is 12.2. The molecule has 0 aliphatic heterocycles. The first-order valence-corrected chi connectivity index (χ1v) is 12.3. The van der Waals surface area contributed by atoms with Gasteiger partial charge in [0, 0.05) is 21.4 Å². The third kappa shape index (κ3) is 7.07. The number of hydrogen-bond acceptors (Lipinski definition) is 4. The van der Waals surface area contributed by atoms with E-state index >= 15 is 0 Å². The number of carbonyl (C=O) groups is 4. The second-order valence-electron chi connectivity index (χ2n) is 8.31. The minimum atomic E-state index is -1.31. The highest BCUT2D eigenvalue weighted by Crippen LogP contribution is 2.29. The number of carboxylic acid groups (broad SMARTS) is 2. The van der Waals surface area contributed by atoms with Gasteiger partial charge in [-0.15, -0.1) is 0 Å². The van der Waals surface area contributed by atoms with Crippen molar-refractivity contribution in [2.75, 3.05) is 21.3 Å². The molecule has 4 rings (SSSR count). The minimum Gasteiger partial charge on any atom is -0.478 e. The number of halogens is 2. The Bertz CT molecular complexity index is 1520. The Labute approximate surface area is 237 Å². The van der Waals surface area contributed by atoms with Crippen LogP contribution in [0.2, 0.25) is 10.0 Å². The molecule has 12 heteroatoms. The van der Waals surface area contributed by atoms with Crippen molar-refractivity contribution in [3.05, 3.63) is 106 Å². The van der Waals surface area contributed by atoms with E-state index in [2.05, 4.69) is 21.3 Å². The molecule has 0 aliphatic rings. The summed E-state index contributed by atoms with van der Waals surface area (Å²) >= 11 is 11.8. The van der Waals surface area contributed by atoms with E-state index < -0.39 is 24.0 Å². The number of amides is 4. The topological polar surface area (TPSA) is 157 Å². The smallest absolute Gasteiger partial charge is 0.337 e. The Kier molecular flexibility index (Phi) is 8.53. The van der Waals surface area contributed by atoms with Gasteiger partial charge in [0.05, 0.1) is 22.5 Å². The van der Waals surface area contributed by atoms with Crippen LogP contribution in [0.5, 0.6) is 0 Å². The summed E-state index contributed by atoms with van der Waals surface area (Å²) < 4.78 is 0. The Morgan fingerprint density at radius 1 is 0.525 bits per heavy atom. The third-order valence-electron chi connectivity index (χ3n) is 5.49. The zero-order valence-electron chi connectivity index (χ0n) is 20.4. The monoisotopic (exact) mass is 578 g/mol. The summed E-state index contributed by atoms with van der Waals surface area (Å²) in [4.78, 5) is 48.8. The van der Waals surface area contributed by atoms with Crippen LogP contribution in [0.4, 0.5) is 32.3 Å². The maximum atomic E-state index is 12.4. The third-order valence-corrected chi connectivity index (χ3v) is 5.96. The van der Waals surface area contributed by atoms with E-state index in [-0.39, 0.29) is 22.5 Å². The molecule has 0 spiro atoms. The van der Waals surface area contributed by atoms with Crippen molar-refractivity contribution in [3.63, 3.8) is 0 Å². The van der Waals surface area contributed by atoms with Crippen molar-refractivity contribution in [2.45, 2.75) is 0 Å². The second-order valence-corrected chi connectivity index (χ2v) is 9.18. The lowest BCUT2D eigenvalue weighted by molar-refractivity contribution is 0.0687. The molecule has 0 aliphatic carbocycles. The highest BCUT2D eigenvalue weighted by Gasteiger charge is 2.18. The van der Waals surface area contributed by atoms with E-state index in [1.807, 2.05) is 0 Å². The molecular weight excluding hydrogens is 559 g/mol. The average molecular weight is 579 g/mol. The van der Waals surface area contributed by atoms with Gasteiger partial charge in [0.1, 0.15) is 0 Å². The molecule has 6 N–H and O–H groups in total. The summed E-state index contributed by atoms with van der Waals surface area (Å²) in [7, 11) is 0. The molecule has 0 fully saturated rings. The fourth-order valence-electron chi connectivity index (χ4n) is 3.72.